The molecule has 2 aromatic rings. The Bertz CT molecular complexity index is 518. The van der Waals surface area contributed by atoms with E-state index in [1.54, 1.807) is 0 Å². The first-order valence-electron chi connectivity index (χ1n) is 6.70. The zero-order valence-electron chi connectivity index (χ0n) is 10.8. The number of rotatable bonds is 2. The summed E-state index contributed by atoms with van der Waals surface area (Å²) in [5.41, 5.74) is 4.29. The molecule has 0 saturated carbocycles. The molecule has 0 aliphatic carbocycles. The summed E-state index contributed by atoms with van der Waals surface area (Å²) in [5, 5.41) is 3.66. The van der Waals surface area contributed by atoms with E-state index >= 15 is 0 Å². The Morgan fingerprint density at radius 3 is 2.44 bits per heavy atom. The van der Waals surface area contributed by atoms with Gasteiger partial charge in [-0.3, -0.25) is 0 Å². The van der Waals surface area contributed by atoms with Crippen molar-refractivity contribution in [2.75, 3.05) is 6.54 Å². The fraction of sp³-hybridized carbons (Fsp3) is 0.294. The second-order valence-electron chi connectivity index (χ2n) is 5.09. The van der Waals surface area contributed by atoms with Crippen molar-refractivity contribution in [3.63, 3.8) is 0 Å². The molecular weight excluding hydrogens is 218 g/mol. The Morgan fingerprint density at radius 2 is 1.67 bits per heavy atom. The number of benzene rings is 2. The molecule has 0 amide bonds. The van der Waals surface area contributed by atoms with Gasteiger partial charge in [0.1, 0.15) is 0 Å². The molecule has 0 aromatic heterocycles. The van der Waals surface area contributed by atoms with Crippen molar-refractivity contribution >= 4 is 0 Å². The van der Waals surface area contributed by atoms with Gasteiger partial charge in [-0.2, -0.15) is 0 Å². The minimum absolute atomic E-state index is 0.466. The Morgan fingerprint density at radius 1 is 0.944 bits per heavy atom. The molecule has 1 N–H and O–H groups in total. The lowest BCUT2D eigenvalue weighted by molar-refractivity contribution is 0.575. The Hall–Kier alpha value is -1.60. The van der Waals surface area contributed by atoms with E-state index in [1.165, 1.54) is 23.1 Å². The van der Waals surface area contributed by atoms with Gasteiger partial charge in [-0.1, -0.05) is 54.6 Å². The van der Waals surface area contributed by atoms with Crippen LogP contribution in [0.3, 0.4) is 0 Å². The first kappa shape index (κ1) is 11.5. The van der Waals surface area contributed by atoms with Crippen LogP contribution in [0.15, 0.2) is 54.6 Å². The molecule has 2 aromatic carbocycles. The monoisotopic (exact) mass is 237 g/mol. The fourth-order valence-corrected chi connectivity index (χ4v) is 3.03. The highest BCUT2D eigenvalue weighted by atomic mass is 15.0. The van der Waals surface area contributed by atoms with Gasteiger partial charge in [-0.05, 0) is 36.6 Å². The Kier molecular flexibility index (Phi) is 3.16. The van der Waals surface area contributed by atoms with Gasteiger partial charge >= 0.3 is 0 Å². The third-order valence-corrected chi connectivity index (χ3v) is 3.97. The number of hydrogen-bond acceptors (Lipinski definition) is 1. The van der Waals surface area contributed by atoms with Crippen LogP contribution in [0.1, 0.15) is 35.1 Å². The van der Waals surface area contributed by atoms with E-state index in [0.29, 0.717) is 12.0 Å². The molecule has 1 fully saturated rings. The maximum atomic E-state index is 3.66. The van der Waals surface area contributed by atoms with Crippen molar-refractivity contribution in [3.05, 3.63) is 71.3 Å². The SMILES string of the molecule is Cc1ccccc1C1NCCC1c1ccccc1. The first-order chi connectivity index (χ1) is 8.86. The van der Waals surface area contributed by atoms with Crippen molar-refractivity contribution in [2.45, 2.75) is 25.3 Å². The van der Waals surface area contributed by atoms with Gasteiger partial charge in [-0.25, -0.2) is 0 Å². The van der Waals surface area contributed by atoms with Crippen LogP contribution < -0.4 is 5.32 Å². The van der Waals surface area contributed by atoms with Crippen molar-refractivity contribution in [3.8, 4) is 0 Å². The summed E-state index contributed by atoms with van der Waals surface area (Å²) in [6, 6.07) is 20.1. The van der Waals surface area contributed by atoms with Gasteiger partial charge in [0.2, 0.25) is 0 Å². The van der Waals surface area contributed by atoms with E-state index in [4.69, 9.17) is 0 Å². The molecule has 0 radical (unpaired) electrons. The average Bonchev–Trinajstić information content (AvgIpc) is 2.89. The maximum Gasteiger partial charge on any atom is 0.0392 e. The maximum absolute atomic E-state index is 3.66. The van der Waals surface area contributed by atoms with Gasteiger partial charge in [0, 0.05) is 12.0 Å². The number of nitrogens with one attached hydrogen (secondary N) is 1. The summed E-state index contributed by atoms with van der Waals surface area (Å²) in [6.07, 6.45) is 1.23. The zero-order chi connectivity index (χ0) is 12.4. The minimum atomic E-state index is 0.466. The van der Waals surface area contributed by atoms with E-state index in [-0.39, 0.29) is 0 Å². The molecule has 1 heteroatoms. The van der Waals surface area contributed by atoms with E-state index in [1.807, 2.05) is 0 Å². The van der Waals surface area contributed by atoms with Gasteiger partial charge in [-0.15, -0.1) is 0 Å². The fourth-order valence-electron chi connectivity index (χ4n) is 3.03. The lowest BCUT2D eigenvalue weighted by Gasteiger charge is -2.22. The minimum Gasteiger partial charge on any atom is -0.309 e. The van der Waals surface area contributed by atoms with Gasteiger partial charge in [0.25, 0.3) is 0 Å². The summed E-state index contributed by atoms with van der Waals surface area (Å²) < 4.78 is 0. The van der Waals surface area contributed by atoms with E-state index in [0.717, 1.165) is 6.54 Å². The lowest BCUT2D eigenvalue weighted by atomic mass is 9.86. The van der Waals surface area contributed by atoms with Crippen molar-refractivity contribution in [1.29, 1.82) is 0 Å². The molecular formula is C17H19N. The lowest BCUT2D eigenvalue weighted by Crippen LogP contribution is -2.18. The quantitative estimate of drug-likeness (QED) is 0.837. The summed E-state index contributed by atoms with van der Waals surface area (Å²) in [7, 11) is 0. The highest BCUT2D eigenvalue weighted by Gasteiger charge is 2.29. The van der Waals surface area contributed by atoms with Crippen molar-refractivity contribution in [2.24, 2.45) is 0 Å². The normalized spacial score (nSPS) is 23.2. The standard InChI is InChI=1S/C17H19N/c1-13-7-5-6-10-15(13)17-16(11-12-18-17)14-8-3-2-4-9-14/h2-10,16-18H,11-12H2,1H3. The molecule has 18 heavy (non-hydrogen) atoms. The average molecular weight is 237 g/mol. The molecule has 1 heterocycles. The predicted octanol–water partition coefficient (Wildman–Crippen LogP) is 3.81. The zero-order valence-corrected chi connectivity index (χ0v) is 10.8. The van der Waals surface area contributed by atoms with Crippen LogP contribution in [0.25, 0.3) is 0 Å². The van der Waals surface area contributed by atoms with E-state index in [9.17, 15) is 0 Å². The highest BCUT2D eigenvalue weighted by molar-refractivity contribution is 5.34. The molecule has 0 spiro atoms. The smallest absolute Gasteiger partial charge is 0.0392 e. The topological polar surface area (TPSA) is 12.0 Å². The molecule has 2 atom stereocenters. The van der Waals surface area contributed by atoms with Gasteiger partial charge in [0.05, 0.1) is 0 Å². The first-order valence-corrected chi connectivity index (χ1v) is 6.70. The van der Waals surface area contributed by atoms with E-state index in [2.05, 4.69) is 66.8 Å². The van der Waals surface area contributed by atoms with Crippen LogP contribution in [0, 0.1) is 6.92 Å². The molecule has 2 unspecified atom stereocenters. The van der Waals surface area contributed by atoms with Crippen LogP contribution >= 0.6 is 0 Å². The third kappa shape index (κ3) is 2.06. The third-order valence-electron chi connectivity index (χ3n) is 3.97. The van der Waals surface area contributed by atoms with Gasteiger partial charge < -0.3 is 5.32 Å². The van der Waals surface area contributed by atoms with E-state index < -0.39 is 0 Å². The molecule has 1 aliphatic rings. The molecule has 3 rings (SSSR count). The molecule has 1 saturated heterocycles. The number of hydrogen-bond donors (Lipinski definition) is 1. The second kappa shape index (κ2) is 4.95. The predicted molar refractivity (Wildman–Crippen MR) is 75.7 cm³/mol. The Balaban J connectivity index is 1.95. The summed E-state index contributed by atoms with van der Waals surface area (Å²) in [6.45, 7) is 3.32. The summed E-state index contributed by atoms with van der Waals surface area (Å²) >= 11 is 0. The van der Waals surface area contributed by atoms with Crippen LogP contribution in [0.5, 0.6) is 0 Å². The molecule has 1 nitrogen and oxygen atoms in total. The summed E-state index contributed by atoms with van der Waals surface area (Å²) in [5.74, 6) is 0.604. The molecule has 1 aliphatic heterocycles. The van der Waals surface area contributed by atoms with Crippen LogP contribution in [-0.2, 0) is 0 Å². The van der Waals surface area contributed by atoms with Crippen LogP contribution in [0.2, 0.25) is 0 Å². The molecule has 92 valence electrons. The number of aryl methyl sites for hydroxylation is 1. The second-order valence-corrected chi connectivity index (χ2v) is 5.09. The van der Waals surface area contributed by atoms with Crippen molar-refractivity contribution < 1.29 is 0 Å². The largest absolute Gasteiger partial charge is 0.309 e. The van der Waals surface area contributed by atoms with Crippen LogP contribution in [-0.4, -0.2) is 6.54 Å². The Labute approximate surface area is 109 Å². The van der Waals surface area contributed by atoms with Crippen LogP contribution in [0.4, 0.5) is 0 Å². The summed E-state index contributed by atoms with van der Waals surface area (Å²) in [4.78, 5) is 0. The van der Waals surface area contributed by atoms with Gasteiger partial charge in [0.15, 0.2) is 0 Å². The molecule has 0 bridgehead atoms. The van der Waals surface area contributed by atoms with Crippen molar-refractivity contribution in [1.82, 2.24) is 5.32 Å². The highest BCUT2D eigenvalue weighted by Crippen LogP contribution is 2.38.